The first-order chi connectivity index (χ1) is 6.65. The molecule has 0 spiro atoms. The first kappa shape index (κ1) is 10.8. The molecule has 0 aliphatic rings. The first-order valence-electron chi connectivity index (χ1n) is 4.01. The van der Waals surface area contributed by atoms with Gasteiger partial charge < -0.3 is 4.79 Å². The zero-order valence-electron chi connectivity index (χ0n) is 7.27. The van der Waals surface area contributed by atoms with Crippen LogP contribution in [0.15, 0.2) is 22.7 Å². The highest BCUT2D eigenvalue weighted by molar-refractivity contribution is 9.10. The van der Waals surface area contributed by atoms with Gasteiger partial charge in [0.1, 0.15) is 6.29 Å². The van der Waals surface area contributed by atoms with Gasteiger partial charge in [-0.25, -0.2) is 0 Å². The predicted molar refractivity (Wildman–Crippen MR) is 55.2 cm³/mol. The van der Waals surface area contributed by atoms with Crippen LogP contribution < -0.4 is 0 Å². The van der Waals surface area contributed by atoms with Gasteiger partial charge in [-0.2, -0.15) is 0 Å². The topological polar surface area (TPSA) is 60.2 Å². The maximum atomic E-state index is 10.4. The minimum absolute atomic E-state index is 0.0479. The van der Waals surface area contributed by atoms with Crippen molar-refractivity contribution in [1.29, 1.82) is 0 Å². The van der Waals surface area contributed by atoms with E-state index in [1.54, 1.807) is 6.07 Å². The highest BCUT2D eigenvalue weighted by Crippen LogP contribution is 2.23. The molecule has 5 heteroatoms. The van der Waals surface area contributed by atoms with E-state index >= 15 is 0 Å². The number of hydrogen-bond donors (Lipinski definition) is 0. The lowest BCUT2D eigenvalue weighted by Gasteiger charge is -2.00. The predicted octanol–water partition coefficient (Wildman–Crippen LogP) is 2.49. The Hall–Kier alpha value is -1.23. The molecule has 74 valence electrons. The van der Waals surface area contributed by atoms with Gasteiger partial charge in [0.05, 0.1) is 4.92 Å². The Labute approximate surface area is 89.2 Å². The molecule has 0 fully saturated rings. The number of non-ortho nitro benzene ring substituents is 1. The van der Waals surface area contributed by atoms with Gasteiger partial charge in [-0.15, -0.1) is 0 Å². The number of rotatable bonds is 4. The summed E-state index contributed by atoms with van der Waals surface area (Å²) >= 11 is 3.23. The lowest BCUT2D eigenvalue weighted by molar-refractivity contribution is -0.384. The van der Waals surface area contributed by atoms with Gasteiger partial charge in [0.15, 0.2) is 0 Å². The Bertz CT molecular complexity index is 365. The van der Waals surface area contributed by atoms with Crippen molar-refractivity contribution in [2.45, 2.75) is 12.8 Å². The molecule has 0 radical (unpaired) electrons. The zero-order valence-corrected chi connectivity index (χ0v) is 8.86. The van der Waals surface area contributed by atoms with E-state index in [0.29, 0.717) is 17.3 Å². The quantitative estimate of drug-likeness (QED) is 0.473. The number of benzene rings is 1. The van der Waals surface area contributed by atoms with Crippen LogP contribution in [-0.2, 0) is 11.2 Å². The zero-order chi connectivity index (χ0) is 10.6. The van der Waals surface area contributed by atoms with Crippen LogP contribution >= 0.6 is 15.9 Å². The van der Waals surface area contributed by atoms with E-state index in [1.807, 2.05) is 0 Å². The highest BCUT2D eigenvalue weighted by Gasteiger charge is 2.08. The summed E-state index contributed by atoms with van der Waals surface area (Å²) in [5.74, 6) is 0. The van der Waals surface area contributed by atoms with Gasteiger partial charge in [-0.3, -0.25) is 10.1 Å². The standard InChI is InChI=1S/C9H8BrNO3/c10-9-6-8(11(13)14)4-3-7(9)2-1-5-12/h3-6H,1-2H2. The second-order valence-electron chi connectivity index (χ2n) is 2.74. The Morgan fingerprint density at radius 1 is 1.50 bits per heavy atom. The van der Waals surface area contributed by atoms with Crippen LogP contribution in [0.25, 0.3) is 0 Å². The fourth-order valence-corrected chi connectivity index (χ4v) is 1.63. The molecule has 1 rings (SSSR count). The monoisotopic (exact) mass is 257 g/mol. The van der Waals surface area contributed by atoms with Crippen molar-refractivity contribution >= 4 is 27.9 Å². The van der Waals surface area contributed by atoms with E-state index in [9.17, 15) is 14.9 Å². The lowest BCUT2D eigenvalue weighted by Crippen LogP contribution is -1.92. The van der Waals surface area contributed by atoms with Crippen LogP contribution in [0.1, 0.15) is 12.0 Å². The maximum absolute atomic E-state index is 10.4. The molecule has 0 unspecified atom stereocenters. The Morgan fingerprint density at radius 2 is 2.21 bits per heavy atom. The van der Waals surface area contributed by atoms with Crippen LogP contribution in [0, 0.1) is 10.1 Å². The molecule has 0 saturated carbocycles. The van der Waals surface area contributed by atoms with Gasteiger partial charge >= 0.3 is 0 Å². The Balaban J connectivity index is 2.89. The molecule has 4 nitrogen and oxygen atoms in total. The van der Waals surface area contributed by atoms with E-state index < -0.39 is 4.92 Å². The summed E-state index contributed by atoms with van der Waals surface area (Å²) in [4.78, 5) is 20.1. The lowest BCUT2D eigenvalue weighted by atomic mass is 10.1. The molecule has 0 N–H and O–H groups in total. The van der Waals surface area contributed by atoms with Crippen molar-refractivity contribution < 1.29 is 9.72 Å². The summed E-state index contributed by atoms with van der Waals surface area (Å²) in [6.07, 6.45) is 1.85. The number of nitro benzene ring substituents is 1. The maximum Gasteiger partial charge on any atom is 0.270 e. The molecule has 1 aromatic rings. The van der Waals surface area contributed by atoms with Crippen LogP contribution in [-0.4, -0.2) is 11.2 Å². The molecule has 0 amide bonds. The van der Waals surface area contributed by atoms with Gasteiger partial charge in [0.25, 0.3) is 5.69 Å². The van der Waals surface area contributed by atoms with Gasteiger partial charge in [0, 0.05) is 23.0 Å². The normalized spacial score (nSPS) is 9.79. The SMILES string of the molecule is O=CCCc1ccc([N+](=O)[O-])cc1Br. The van der Waals surface area contributed by atoms with E-state index in [0.717, 1.165) is 11.8 Å². The number of nitro groups is 1. The highest BCUT2D eigenvalue weighted by atomic mass is 79.9. The third-order valence-corrected chi connectivity index (χ3v) is 2.52. The second kappa shape index (κ2) is 4.85. The fraction of sp³-hybridized carbons (Fsp3) is 0.222. The number of carbonyl (C=O) groups excluding carboxylic acids is 1. The summed E-state index contributed by atoms with van der Waals surface area (Å²) in [5, 5.41) is 10.4. The van der Waals surface area contributed by atoms with Crippen molar-refractivity contribution in [1.82, 2.24) is 0 Å². The number of carbonyl (C=O) groups is 1. The summed E-state index contributed by atoms with van der Waals surface area (Å²) in [6.45, 7) is 0. The summed E-state index contributed by atoms with van der Waals surface area (Å²) in [7, 11) is 0. The van der Waals surface area contributed by atoms with Crippen molar-refractivity contribution in [2.24, 2.45) is 0 Å². The molecule has 14 heavy (non-hydrogen) atoms. The van der Waals surface area contributed by atoms with Crippen LogP contribution in [0.3, 0.4) is 0 Å². The van der Waals surface area contributed by atoms with Crippen molar-refractivity contribution in [3.05, 3.63) is 38.3 Å². The van der Waals surface area contributed by atoms with Crippen molar-refractivity contribution in [3.63, 3.8) is 0 Å². The minimum atomic E-state index is -0.450. The molecule has 1 aromatic carbocycles. The summed E-state index contributed by atoms with van der Waals surface area (Å²) in [5.41, 5.74) is 0.953. The van der Waals surface area contributed by atoms with E-state index in [2.05, 4.69) is 15.9 Å². The van der Waals surface area contributed by atoms with Crippen LogP contribution in [0.2, 0.25) is 0 Å². The van der Waals surface area contributed by atoms with Gasteiger partial charge in [0.2, 0.25) is 0 Å². The molecule has 0 aromatic heterocycles. The summed E-state index contributed by atoms with van der Waals surface area (Å²) in [6, 6.07) is 4.54. The molecule has 0 atom stereocenters. The molecule has 0 heterocycles. The van der Waals surface area contributed by atoms with Crippen molar-refractivity contribution in [3.8, 4) is 0 Å². The third-order valence-electron chi connectivity index (χ3n) is 1.78. The Morgan fingerprint density at radius 3 is 2.71 bits per heavy atom. The molecule has 0 aliphatic heterocycles. The molecule has 0 saturated heterocycles. The van der Waals surface area contributed by atoms with E-state index in [4.69, 9.17) is 0 Å². The van der Waals surface area contributed by atoms with Crippen LogP contribution in [0.5, 0.6) is 0 Å². The summed E-state index contributed by atoms with van der Waals surface area (Å²) < 4.78 is 0.675. The van der Waals surface area contributed by atoms with E-state index in [-0.39, 0.29) is 5.69 Å². The first-order valence-corrected chi connectivity index (χ1v) is 4.81. The molecule has 0 bridgehead atoms. The molecule has 0 aliphatic carbocycles. The number of aldehydes is 1. The Kier molecular flexibility index (Phi) is 3.76. The largest absolute Gasteiger partial charge is 0.303 e. The van der Waals surface area contributed by atoms with E-state index in [1.165, 1.54) is 12.1 Å². The average molecular weight is 258 g/mol. The van der Waals surface area contributed by atoms with Gasteiger partial charge in [-0.05, 0) is 12.0 Å². The average Bonchev–Trinajstić information content (AvgIpc) is 2.15. The number of nitrogens with zero attached hydrogens (tertiary/aromatic N) is 1. The molecular formula is C9H8BrNO3. The van der Waals surface area contributed by atoms with Crippen molar-refractivity contribution in [2.75, 3.05) is 0 Å². The number of aryl methyl sites for hydroxylation is 1. The fourth-order valence-electron chi connectivity index (χ4n) is 1.07. The minimum Gasteiger partial charge on any atom is -0.303 e. The third kappa shape index (κ3) is 2.63. The molecular weight excluding hydrogens is 250 g/mol. The second-order valence-corrected chi connectivity index (χ2v) is 3.59. The van der Waals surface area contributed by atoms with Crippen LogP contribution in [0.4, 0.5) is 5.69 Å². The smallest absolute Gasteiger partial charge is 0.270 e. The van der Waals surface area contributed by atoms with Gasteiger partial charge in [-0.1, -0.05) is 22.0 Å². The number of hydrogen-bond acceptors (Lipinski definition) is 3. The number of halogens is 1.